The number of aryl methyl sites for hydroxylation is 1. The Bertz CT molecular complexity index is 445. The molecule has 1 rings (SSSR count). The van der Waals surface area contributed by atoms with Gasteiger partial charge in [-0.2, -0.15) is 5.10 Å². The van der Waals surface area contributed by atoms with Crippen LogP contribution in [0.2, 0.25) is 0 Å². The minimum absolute atomic E-state index is 0.215. The van der Waals surface area contributed by atoms with Crippen molar-refractivity contribution in [2.24, 2.45) is 0 Å². The number of hydrogen-bond acceptors (Lipinski definition) is 5. The van der Waals surface area contributed by atoms with Crippen LogP contribution in [0.15, 0.2) is 0 Å². The van der Waals surface area contributed by atoms with Crippen LogP contribution in [0.25, 0.3) is 0 Å². The first-order valence-electron chi connectivity index (χ1n) is 6.54. The Balaban J connectivity index is 2.79. The van der Waals surface area contributed by atoms with Crippen molar-refractivity contribution in [3.05, 3.63) is 16.8 Å². The molecule has 1 heterocycles. The molecule has 0 aliphatic heterocycles. The predicted octanol–water partition coefficient (Wildman–Crippen LogP) is 1.55. The Morgan fingerprint density at radius 3 is 2.42 bits per heavy atom. The Labute approximate surface area is 113 Å². The van der Waals surface area contributed by atoms with Gasteiger partial charge in [-0.3, -0.25) is 0 Å². The molecule has 0 fully saturated rings. The second-order valence-electron chi connectivity index (χ2n) is 4.39. The average Bonchev–Trinajstić information content (AvgIpc) is 2.38. The molecule has 0 saturated heterocycles. The van der Waals surface area contributed by atoms with E-state index in [-0.39, 0.29) is 5.56 Å². The van der Waals surface area contributed by atoms with Gasteiger partial charge in [0.15, 0.2) is 5.82 Å². The zero-order valence-electron chi connectivity index (χ0n) is 12.0. The van der Waals surface area contributed by atoms with Crippen LogP contribution in [-0.2, 0) is 0 Å². The smallest absolute Gasteiger partial charge is 0.339 e. The lowest BCUT2D eigenvalue weighted by Crippen LogP contribution is -2.29. The van der Waals surface area contributed by atoms with Gasteiger partial charge in [-0.15, -0.1) is 5.10 Å². The first-order chi connectivity index (χ1) is 9.01. The molecule has 0 aromatic carbocycles. The molecule has 6 heteroatoms. The summed E-state index contributed by atoms with van der Waals surface area (Å²) < 4.78 is 0. The molecule has 0 amide bonds. The summed E-state index contributed by atoms with van der Waals surface area (Å²) in [7, 11) is 0. The van der Waals surface area contributed by atoms with Gasteiger partial charge in [0.05, 0.1) is 5.69 Å². The fourth-order valence-electron chi connectivity index (χ4n) is 1.87. The molecular weight excluding hydrogens is 244 g/mol. The number of carboxylic acid groups (broad SMARTS) is 1. The molecule has 0 aliphatic rings. The molecule has 0 bridgehead atoms. The molecule has 0 saturated carbocycles. The van der Waals surface area contributed by atoms with Crippen LogP contribution < -0.4 is 5.32 Å². The molecule has 0 spiro atoms. The lowest BCUT2D eigenvalue weighted by atomic mass is 10.1. The third kappa shape index (κ3) is 3.89. The molecule has 2 N–H and O–H groups in total. The maximum absolute atomic E-state index is 11.3. The van der Waals surface area contributed by atoms with Crippen molar-refractivity contribution in [3.8, 4) is 0 Å². The third-order valence-electron chi connectivity index (χ3n) is 3.28. The van der Waals surface area contributed by atoms with Crippen molar-refractivity contribution in [1.82, 2.24) is 15.1 Å². The van der Waals surface area contributed by atoms with E-state index in [1.54, 1.807) is 13.8 Å². The number of aromatic nitrogens is 2. The summed E-state index contributed by atoms with van der Waals surface area (Å²) in [4.78, 5) is 13.5. The third-order valence-corrected chi connectivity index (χ3v) is 3.28. The SMILES string of the molecule is CCN(CC)CCNc1nnc(C)c(C)c1C(=O)O. The van der Waals surface area contributed by atoms with E-state index in [1.807, 2.05) is 0 Å². The van der Waals surface area contributed by atoms with Crippen molar-refractivity contribution in [1.29, 1.82) is 0 Å². The Hall–Kier alpha value is -1.69. The van der Waals surface area contributed by atoms with E-state index < -0.39 is 5.97 Å². The van der Waals surface area contributed by atoms with Crippen LogP contribution in [-0.4, -0.2) is 52.4 Å². The lowest BCUT2D eigenvalue weighted by Gasteiger charge is -2.18. The van der Waals surface area contributed by atoms with Gasteiger partial charge in [-0.1, -0.05) is 13.8 Å². The van der Waals surface area contributed by atoms with E-state index in [0.717, 1.165) is 19.6 Å². The maximum Gasteiger partial charge on any atom is 0.339 e. The zero-order valence-corrected chi connectivity index (χ0v) is 12.0. The van der Waals surface area contributed by atoms with E-state index >= 15 is 0 Å². The highest BCUT2D eigenvalue weighted by molar-refractivity contribution is 5.94. The first kappa shape index (κ1) is 15.4. The number of hydrogen-bond donors (Lipinski definition) is 2. The molecule has 1 aromatic rings. The monoisotopic (exact) mass is 266 g/mol. The Morgan fingerprint density at radius 2 is 1.89 bits per heavy atom. The summed E-state index contributed by atoms with van der Waals surface area (Å²) in [5, 5.41) is 20.2. The van der Waals surface area contributed by atoms with Gasteiger partial charge < -0.3 is 15.3 Å². The summed E-state index contributed by atoms with van der Waals surface area (Å²) in [6, 6.07) is 0. The van der Waals surface area contributed by atoms with Gasteiger partial charge >= 0.3 is 5.97 Å². The first-order valence-corrected chi connectivity index (χ1v) is 6.54. The van der Waals surface area contributed by atoms with Crippen molar-refractivity contribution < 1.29 is 9.90 Å². The van der Waals surface area contributed by atoms with Gasteiger partial charge in [-0.05, 0) is 32.5 Å². The highest BCUT2D eigenvalue weighted by Gasteiger charge is 2.17. The molecular formula is C13H22N4O2. The summed E-state index contributed by atoms with van der Waals surface area (Å²) in [6.07, 6.45) is 0. The highest BCUT2D eigenvalue weighted by atomic mass is 16.4. The second-order valence-corrected chi connectivity index (χ2v) is 4.39. The van der Waals surface area contributed by atoms with Crippen LogP contribution in [0.5, 0.6) is 0 Å². The number of carboxylic acids is 1. The average molecular weight is 266 g/mol. The molecule has 1 aromatic heterocycles. The normalized spacial score (nSPS) is 10.8. The zero-order chi connectivity index (χ0) is 14.4. The van der Waals surface area contributed by atoms with E-state index in [9.17, 15) is 9.90 Å². The van der Waals surface area contributed by atoms with Crippen LogP contribution in [0.3, 0.4) is 0 Å². The van der Waals surface area contributed by atoms with Gasteiger partial charge in [-0.25, -0.2) is 4.79 Å². The molecule has 0 radical (unpaired) electrons. The minimum Gasteiger partial charge on any atom is -0.478 e. The number of carbonyl (C=O) groups is 1. The predicted molar refractivity (Wildman–Crippen MR) is 74.7 cm³/mol. The molecule has 0 atom stereocenters. The van der Waals surface area contributed by atoms with Gasteiger partial charge in [0, 0.05) is 13.1 Å². The number of nitrogens with one attached hydrogen (secondary N) is 1. The van der Waals surface area contributed by atoms with Crippen molar-refractivity contribution in [2.45, 2.75) is 27.7 Å². The van der Waals surface area contributed by atoms with E-state index in [1.165, 1.54) is 0 Å². The number of anilines is 1. The van der Waals surface area contributed by atoms with Gasteiger partial charge in [0.2, 0.25) is 0 Å². The molecule has 19 heavy (non-hydrogen) atoms. The van der Waals surface area contributed by atoms with Gasteiger partial charge in [0.1, 0.15) is 5.56 Å². The Morgan fingerprint density at radius 1 is 1.26 bits per heavy atom. The van der Waals surface area contributed by atoms with Crippen molar-refractivity contribution >= 4 is 11.8 Å². The van der Waals surface area contributed by atoms with E-state index in [0.29, 0.717) is 23.6 Å². The van der Waals surface area contributed by atoms with Gasteiger partial charge in [0.25, 0.3) is 0 Å². The Kier molecular flexibility index (Phi) is 5.69. The number of likely N-dealkylation sites (N-methyl/N-ethyl adjacent to an activating group) is 1. The quantitative estimate of drug-likeness (QED) is 0.779. The highest BCUT2D eigenvalue weighted by Crippen LogP contribution is 2.17. The topological polar surface area (TPSA) is 78.3 Å². The van der Waals surface area contributed by atoms with Crippen LogP contribution >= 0.6 is 0 Å². The largest absolute Gasteiger partial charge is 0.478 e. The molecule has 6 nitrogen and oxygen atoms in total. The summed E-state index contributed by atoms with van der Waals surface area (Å²) in [6.45, 7) is 11.2. The summed E-state index contributed by atoms with van der Waals surface area (Å²) in [5.41, 5.74) is 1.52. The summed E-state index contributed by atoms with van der Waals surface area (Å²) >= 11 is 0. The molecule has 0 unspecified atom stereocenters. The molecule has 106 valence electrons. The minimum atomic E-state index is -0.971. The second kappa shape index (κ2) is 7.04. The molecule has 0 aliphatic carbocycles. The van der Waals surface area contributed by atoms with E-state index in [4.69, 9.17) is 0 Å². The lowest BCUT2D eigenvalue weighted by molar-refractivity contribution is 0.0696. The van der Waals surface area contributed by atoms with E-state index in [2.05, 4.69) is 34.3 Å². The standard InChI is InChI=1S/C13H22N4O2/c1-5-17(6-2)8-7-14-12-11(13(18)19)9(3)10(4)15-16-12/h5-8H2,1-4H3,(H,14,16)(H,18,19). The fraction of sp³-hybridized carbons (Fsp3) is 0.615. The maximum atomic E-state index is 11.3. The number of nitrogens with zero attached hydrogens (tertiary/aromatic N) is 3. The fourth-order valence-corrected chi connectivity index (χ4v) is 1.87. The van der Waals surface area contributed by atoms with Crippen LogP contribution in [0.1, 0.15) is 35.5 Å². The van der Waals surface area contributed by atoms with Crippen molar-refractivity contribution in [2.75, 3.05) is 31.5 Å². The summed E-state index contributed by atoms with van der Waals surface area (Å²) in [5.74, 6) is -0.622. The number of aromatic carboxylic acids is 1. The van der Waals surface area contributed by atoms with Crippen LogP contribution in [0, 0.1) is 13.8 Å². The van der Waals surface area contributed by atoms with Crippen molar-refractivity contribution in [3.63, 3.8) is 0 Å². The number of rotatable bonds is 7. The van der Waals surface area contributed by atoms with Crippen LogP contribution in [0.4, 0.5) is 5.82 Å².